The molecular formula is C15H13BrO2S. The molecule has 0 aliphatic heterocycles. The molecular weight excluding hydrogens is 324 g/mol. The first-order chi connectivity index (χ1) is 9.19. The van der Waals surface area contributed by atoms with Crippen molar-refractivity contribution in [3.05, 3.63) is 58.6 Å². The molecule has 0 aromatic heterocycles. The number of carbonyl (C=O) groups is 1. The zero-order valence-electron chi connectivity index (χ0n) is 10.4. The Hall–Kier alpha value is -1.26. The summed E-state index contributed by atoms with van der Waals surface area (Å²) in [5.74, 6) is 1.38. The van der Waals surface area contributed by atoms with Crippen molar-refractivity contribution in [1.82, 2.24) is 0 Å². The van der Waals surface area contributed by atoms with Gasteiger partial charge in [-0.05, 0) is 36.4 Å². The van der Waals surface area contributed by atoms with Gasteiger partial charge >= 0.3 is 0 Å². The molecule has 0 aliphatic rings. The van der Waals surface area contributed by atoms with Crippen LogP contribution in [0.4, 0.5) is 0 Å². The molecule has 0 bridgehead atoms. The number of rotatable bonds is 5. The Kier molecular flexibility index (Phi) is 5.05. The molecule has 0 amide bonds. The molecule has 0 N–H and O–H groups in total. The van der Waals surface area contributed by atoms with Crippen LogP contribution in [0.15, 0.2) is 57.9 Å². The van der Waals surface area contributed by atoms with Crippen LogP contribution in [-0.2, 0) is 0 Å². The van der Waals surface area contributed by atoms with Crippen LogP contribution in [0.1, 0.15) is 10.4 Å². The van der Waals surface area contributed by atoms with Crippen LogP contribution in [-0.4, -0.2) is 18.6 Å². The number of ether oxygens (including phenoxy) is 1. The Bertz CT molecular complexity index is 567. The summed E-state index contributed by atoms with van der Waals surface area (Å²) in [6.07, 6.45) is 0. The molecule has 0 aliphatic carbocycles. The minimum atomic E-state index is 0.127. The number of methoxy groups -OCH3 is 1. The number of benzene rings is 2. The average molecular weight is 337 g/mol. The first kappa shape index (κ1) is 14.2. The lowest BCUT2D eigenvalue weighted by Gasteiger charge is -2.04. The van der Waals surface area contributed by atoms with Gasteiger partial charge in [-0.15, -0.1) is 11.8 Å². The average Bonchev–Trinajstić information content (AvgIpc) is 2.45. The molecule has 0 saturated heterocycles. The van der Waals surface area contributed by atoms with Gasteiger partial charge in [-0.3, -0.25) is 4.79 Å². The van der Waals surface area contributed by atoms with E-state index >= 15 is 0 Å². The highest BCUT2D eigenvalue weighted by Gasteiger charge is 2.07. The second-order valence-electron chi connectivity index (χ2n) is 3.90. The maximum absolute atomic E-state index is 12.0. The van der Waals surface area contributed by atoms with E-state index in [1.54, 1.807) is 7.11 Å². The predicted octanol–water partition coefficient (Wildman–Crippen LogP) is 4.43. The Labute approximate surface area is 125 Å². The van der Waals surface area contributed by atoms with Gasteiger partial charge in [-0.25, -0.2) is 0 Å². The molecule has 0 spiro atoms. The van der Waals surface area contributed by atoms with Crippen molar-refractivity contribution in [2.75, 3.05) is 12.9 Å². The molecule has 0 heterocycles. The van der Waals surface area contributed by atoms with Crippen molar-refractivity contribution >= 4 is 33.5 Å². The summed E-state index contributed by atoms with van der Waals surface area (Å²) >= 11 is 4.90. The van der Waals surface area contributed by atoms with Crippen LogP contribution in [0.3, 0.4) is 0 Å². The van der Waals surface area contributed by atoms with Crippen molar-refractivity contribution in [3.63, 3.8) is 0 Å². The lowest BCUT2D eigenvalue weighted by Crippen LogP contribution is -2.01. The molecule has 2 rings (SSSR count). The third-order valence-corrected chi connectivity index (χ3v) is 4.08. The first-order valence-electron chi connectivity index (χ1n) is 5.74. The number of hydrogen-bond donors (Lipinski definition) is 0. The topological polar surface area (TPSA) is 26.3 Å². The lowest BCUT2D eigenvalue weighted by molar-refractivity contribution is 0.102. The third-order valence-electron chi connectivity index (χ3n) is 2.58. The van der Waals surface area contributed by atoms with Gasteiger partial charge in [0.2, 0.25) is 0 Å². The van der Waals surface area contributed by atoms with Gasteiger partial charge in [-0.2, -0.15) is 0 Å². The summed E-state index contributed by atoms with van der Waals surface area (Å²) in [5.41, 5.74) is 0.732. The van der Waals surface area contributed by atoms with Crippen molar-refractivity contribution in [2.24, 2.45) is 0 Å². The van der Waals surface area contributed by atoms with Gasteiger partial charge < -0.3 is 4.74 Å². The number of Topliss-reactive ketones (excluding diaryl/α,β-unsaturated/α-hetero) is 1. The summed E-state index contributed by atoms with van der Waals surface area (Å²) in [7, 11) is 1.64. The smallest absolute Gasteiger partial charge is 0.173 e. The van der Waals surface area contributed by atoms with E-state index in [4.69, 9.17) is 4.74 Å². The van der Waals surface area contributed by atoms with E-state index < -0.39 is 0 Å². The minimum Gasteiger partial charge on any atom is -0.497 e. The van der Waals surface area contributed by atoms with Gasteiger partial charge in [0.15, 0.2) is 5.78 Å². The summed E-state index contributed by atoms with van der Waals surface area (Å²) in [6, 6.07) is 15.2. The fourth-order valence-electron chi connectivity index (χ4n) is 1.57. The quantitative estimate of drug-likeness (QED) is 0.596. The summed E-state index contributed by atoms with van der Waals surface area (Å²) in [5, 5.41) is 0. The summed E-state index contributed by atoms with van der Waals surface area (Å²) < 4.78 is 6.02. The zero-order chi connectivity index (χ0) is 13.7. The van der Waals surface area contributed by atoms with Crippen molar-refractivity contribution in [2.45, 2.75) is 4.90 Å². The summed E-state index contributed by atoms with van der Waals surface area (Å²) in [4.78, 5) is 13.1. The fourth-order valence-corrected chi connectivity index (χ4v) is 2.76. The minimum absolute atomic E-state index is 0.127. The van der Waals surface area contributed by atoms with Crippen LogP contribution in [0.5, 0.6) is 5.75 Å². The zero-order valence-corrected chi connectivity index (χ0v) is 12.8. The SMILES string of the molecule is COc1ccc(SCC(=O)c2cccc(Br)c2)cc1. The van der Waals surface area contributed by atoms with Crippen molar-refractivity contribution < 1.29 is 9.53 Å². The van der Waals surface area contributed by atoms with E-state index in [1.165, 1.54) is 11.8 Å². The highest BCUT2D eigenvalue weighted by molar-refractivity contribution is 9.10. The van der Waals surface area contributed by atoms with Gasteiger partial charge in [0.1, 0.15) is 5.75 Å². The van der Waals surface area contributed by atoms with Crippen molar-refractivity contribution in [3.8, 4) is 5.75 Å². The maximum Gasteiger partial charge on any atom is 0.173 e. The Morgan fingerprint density at radius 3 is 2.58 bits per heavy atom. The molecule has 98 valence electrons. The molecule has 0 atom stereocenters. The molecule has 4 heteroatoms. The largest absolute Gasteiger partial charge is 0.497 e. The van der Waals surface area contributed by atoms with Gasteiger partial charge in [0.25, 0.3) is 0 Å². The molecule has 0 unspecified atom stereocenters. The van der Waals surface area contributed by atoms with Gasteiger partial charge in [0.05, 0.1) is 12.9 Å². The van der Waals surface area contributed by atoms with E-state index in [2.05, 4.69) is 15.9 Å². The maximum atomic E-state index is 12.0. The molecule has 2 aromatic rings. The number of ketones is 1. The number of thioether (sulfide) groups is 1. The van der Waals surface area contributed by atoms with Crippen LogP contribution >= 0.6 is 27.7 Å². The number of hydrogen-bond acceptors (Lipinski definition) is 3. The highest BCUT2D eigenvalue weighted by atomic mass is 79.9. The predicted molar refractivity (Wildman–Crippen MR) is 82.2 cm³/mol. The standard InChI is InChI=1S/C15H13BrO2S/c1-18-13-5-7-14(8-6-13)19-10-15(17)11-3-2-4-12(16)9-11/h2-9H,10H2,1H3. The fraction of sp³-hybridized carbons (Fsp3) is 0.133. The second-order valence-corrected chi connectivity index (χ2v) is 5.86. The van der Waals surface area contributed by atoms with E-state index in [-0.39, 0.29) is 5.78 Å². The Morgan fingerprint density at radius 1 is 1.21 bits per heavy atom. The first-order valence-corrected chi connectivity index (χ1v) is 7.52. The number of carbonyl (C=O) groups excluding carboxylic acids is 1. The normalized spacial score (nSPS) is 10.2. The molecule has 2 nitrogen and oxygen atoms in total. The van der Waals surface area contributed by atoms with Crippen LogP contribution in [0.2, 0.25) is 0 Å². The van der Waals surface area contributed by atoms with Crippen LogP contribution in [0, 0.1) is 0 Å². The second kappa shape index (κ2) is 6.78. The van der Waals surface area contributed by atoms with E-state index in [0.29, 0.717) is 5.75 Å². The molecule has 19 heavy (non-hydrogen) atoms. The van der Waals surface area contributed by atoms with Gasteiger partial charge in [0, 0.05) is 14.9 Å². The van der Waals surface area contributed by atoms with E-state index in [1.807, 2.05) is 48.5 Å². The van der Waals surface area contributed by atoms with Crippen LogP contribution < -0.4 is 4.74 Å². The lowest BCUT2D eigenvalue weighted by atomic mass is 10.2. The Balaban J connectivity index is 1.96. The number of halogens is 1. The van der Waals surface area contributed by atoms with Crippen molar-refractivity contribution in [1.29, 1.82) is 0 Å². The monoisotopic (exact) mass is 336 g/mol. The van der Waals surface area contributed by atoms with E-state index in [0.717, 1.165) is 20.7 Å². The third kappa shape index (κ3) is 4.11. The highest BCUT2D eigenvalue weighted by Crippen LogP contribution is 2.22. The molecule has 0 saturated carbocycles. The van der Waals surface area contributed by atoms with Gasteiger partial charge in [-0.1, -0.05) is 28.1 Å². The molecule has 0 radical (unpaired) electrons. The molecule has 2 aromatic carbocycles. The van der Waals surface area contributed by atoms with Crippen LogP contribution in [0.25, 0.3) is 0 Å². The van der Waals surface area contributed by atoms with E-state index in [9.17, 15) is 4.79 Å². The molecule has 0 fully saturated rings. The summed E-state index contributed by atoms with van der Waals surface area (Å²) in [6.45, 7) is 0. The Morgan fingerprint density at radius 2 is 1.95 bits per heavy atom.